The highest BCUT2D eigenvalue weighted by Crippen LogP contribution is 2.18. The van der Waals surface area contributed by atoms with E-state index < -0.39 is 11.9 Å². The van der Waals surface area contributed by atoms with Gasteiger partial charge in [0.05, 0.1) is 39.5 Å². The van der Waals surface area contributed by atoms with Crippen LogP contribution in [0.1, 0.15) is 301 Å². The summed E-state index contributed by atoms with van der Waals surface area (Å²) in [6, 6.07) is 0. The van der Waals surface area contributed by atoms with Crippen molar-refractivity contribution in [3.8, 4) is 0 Å². The zero-order chi connectivity index (χ0) is 59.5. The van der Waals surface area contributed by atoms with Gasteiger partial charge in [0.2, 0.25) is 0 Å². The molecule has 1 aliphatic heterocycles. The maximum atomic E-state index is 12.4. The van der Waals surface area contributed by atoms with Gasteiger partial charge in [-0.25, -0.2) is 4.79 Å². The number of hydrogen-bond donors (Lipinski definition) is 1. The summed E-state index contributed by atoms with van der Waals surface area (Å²) in [5, 5.41) is 9.02. The van der Waals surface area contributed by atoms with Crippen LogP contribution in [0.5, 0.6) is 0 Å². The van der Waals surface area contributed by atoms with Crippen LogP contribution in [0.15, 0.2) is 0 Å². The van der Waals surface area contributed by atoms with Crippen LogP contribution < -0.4 is 0 Å². The molecule has 0 aromatic rings. The molecule has 0 aromatic carbocycles. The molecular formula is C64H123NO13. The van der Waals surface area contributed by atoms with E-state index in [0.29, 0.717) is 38.2 Å². The number of rotatable bonds is 44. The Labute approximate surface area is 478 Å². The quantitative estimate of drug-likeness (QED) is 0.0345. The molecule has 14 heteroatoms. The average molecular weight is 1110 g/mol. The summed E-state index contributed by atoms with van der Waals surface area (Å²) in [4.78, 5) is 84.3. The lowest BCUT2D eigenvalue weighted by molar-refractivity contribution is -0.153. The maximum absolute atomic E-state index is 12.4. The molecule has 1 heterocycles. The van der Waals surface area contributed by atoms with Crippen molar-refractivity contribution in [1.82, 2.24) is 4.90 Å². The molecule has 0 radical (unpaired) electrons. The van der Waals surface area contributed by atoms with Gasteiger partial charge in [0.25, 0.3) is 0 Å². The summed E-state index contributed by atoms with van der Waals surface area (Å²) in [5.41, 5.74) is 0. The minimum absolute atomic E-state index is 0.0226. The van der Waals surface area contributed by atoms with E-state index in [0.717, 1.165) is 109 Å². The Morgan fingerprint density at radius 2 is 0.769 bits per heavy atom. The van der Waals surface area contributed by atoms with E-state index in [2.05, 4.69) is 48.5 Å². The number of carboxylic acid groups (broad SMARTS) is 1. The second kappa shape index (κ2) is 62.5. The zero-order valence-corrected chi connectivity index (χ0v) is 52.6. The lowest BCUT2D eigenvalue weighted by Crippen LogP contribution is -2.29. The van der Waals surface area contributed by atoms with Crippen molar-refractivity contribution in [2.45, 2.75) is 301 Å². The fraction of sp³-hybridized carbons (Fsp3) is 0.891. The lowest BCUT2D eigenvalue weighted by Gasteiger charge is -2.18. The molecule has 78 heavy (non-hydrogen) atoms. The van der Waals surface area contributed by atoms with Crippen LogP contribution in [0, 0.1) is 23.7 Å². The Kier molecular flexibility index (Phi) is 64.7. The summed E-state index contributed by atoms with van der Waals surface area (Å²) >= 11 is 0. The summed E-state index contributed by atoms with van der Waals surface area (Å²) in [7, 11) is 0. The van der Waals surface area contributed by atoms with Gasteiger partial charge < -0.3 is 33.7 Å². The van der Waals surface area contributed by atoms with Crippen molar-refractivity contribution in [2.75, 3.05) is 46.1 Å². The first-order chi connectivity index (χ1) is 37.6. The Balaban J connectivity index is -0.000000543. The van der Waals surface area contributed by atoms with Gasteiger partial charge in [-0.05, 0) is 50.9 Å². The van der Waals surface area contributed by atoms with Crippen molar-refractivity contribution in [1.29, 1.82) is 0 Å². The highest BCUT2D eigenvalue weighted by Gasteiger charge is 2.24. The highest BCUT2D eigenvalue weighted by atomic mass is 16.6. The molecule has 0 bridgehead atoms. The SMILES string of the molecule is CC.CCC.CCCCCCCCC(=O)OCC(COC(=O)CCCCCCCC)CC(=O)C(C)CC.CCCCCCCCC(=O)OCC(COC(=O)CCCCCCCC)CC(=O)O.CCCOC(=O)N1CCC(C)C1. The fourth-order valence-electron chi connectivity index (χ4n) is 8.00. The Morgan fingerprint density at radius 1 is 0.462 bits per heavy atom. The molecule has 1 rings (SSSR count). The number of likely N-dealkylation sites (tertiary alicyclic amines) is 1. The van der Waals surface area contributed by atoms with Gasteiger partial charge in [-0.2, -0.15) is 0 Å². The third-order valence-electron chi connectivity index (χ3n) is 13.1. The molecule has 0 spiro atoms. The van der Waals surface area contributed by atoms with Gasteiger partial charge in [-0.3, -0.25) is 28.8 Å². The number of ether oxygens (including phenoxy) is 5. The van der Waals surface area contributed by atoms with Crippen molar-refractivity contribution >= 4 is 41.7 Å². The second-order valence-corrected chi connectivity index (χ2v) is 21.3. The molecule has 2 unspecified atom stereocenters. The lowest BCUT2D eigenvalue weighted by atomic mass is 9.94. The number of ketones is 1. The first-order valence-corrected chi connectivity index (χ1v) is 31.9. The van der Waals surface area contributed by atoms with E-state index in [1.54, 1.807) is 4.90 Å². The van der Waals surface area contributed by atoms with E-state index in [1.165, 1.54) is 83.5 Å². The molecule has 462 valence electrons. The van der Waals surface area contributed by atoms with E-state index >= 15 is 0 Å². The van der Waals surface area contributed by atoms with Crippen LogP contribution in [-0.2, 0) is 52.5 Å². The van der Waals surface area contributed by atoms with Gasteiger partial charge in [-0.1, -0.05) is 218 Å². The van der Waals surface area contributed by atoms with Crippen LogP contribution >= 0.6 is 0 Å². The van der Waals surface area contributed by atoms with E-state index in [4.69, 9.17) is 28.8 Å². The molecular weight excluding hydrogens is 991 g/mol. The summed E-state index contributed by atoms with van der Waals surface area (Å²) in [6.45, 7) is 27.5. The zero-order valence-electron chi connectivity index (χ0n) is 52.6. The number of amides is 1. The number of Topliss-reactive ketones (excluding diaryl/α,β-unsaturated/α-hetero) is 1. The topological polar surface area (TPSA) is 189 Å². The summed E-state index contributed by atoms with van der Waals surface area (Å²) in [5.74, 6) is -2.09. The van der Waals surface area contributed by atoms with Crippen LogP contribution in [0.4, 0.5) is 4.79 Å². The Hall–Kier alpha value is -3.71. The summed E-state index contributed by atoms with van der Waals surface area (Å²) in [6.07, 6.45) is 32.0. The molecule has 1 fully saturated rings. The van der Waals surface area contributed by atoms with Crippen molar-refractivity contribution in [3.63, 3.8) is 0 Å². The van der Waals surface area contributed by atoms with E-state index in [9.17, 15) is 33.6 Å². The fourth-order valence-corrected chi connectivity index (χ4v) is 8.00. The molecule has 1 amide bonds. The van der Waals surface area contributed by atoms with Gasteiger partial charge >= 0.3 is 35.9 Å². The maximum Gasteiger partial charge on any atom is 0.409 e. The molecule has 0 saturated carbocycles. The van der Waals surface area contributed by atoms with Crippen molar-refractivity contribution in [2.24, 2.45) is 23.7 Å². The number of carbonyl (C=O) groups is 7. The molecule has 2 atom stereocenters. The van der Waals surface area contributed by atoms with Crippen LogP contribution in [0.2, 0.25) is 0 Å². The highest BCUT2D eigenvalue weighted by molar-refractivity contribution is 5.81. The Bertz CT molecular complexity index is 1340. The van der Waals surface area contributed by atoms with Crippen LogP contribution in [0.3, 0.4) is 0 Å². The predicted molar refractivity (Wildman–Crippen MR) is 318 cm³/mol. The predicted octanol–water partition coefficient (Wildman–Crippen LogP) is 17.2. The van der Waals surface area contributed by atoms with Crippen LogP contribution in [0.25, 0.3) is 0 Å². The third-order valence-corrected chi connectivity index (χ3v) is 13.1. The first kappa shape index (κ1) is 80.8. The second-order valence-electron chi connectivity index (χ2n) is 21.3. The number of aliphatic carboxylic acids is 1. The standard InChI is InChI=1S/C27H50O5.C23H42O6.C9H17NO2.C3H8.C2H6/c1-5-8-10-12-14-16-18-26(29)31-21-24(20-25(28)23(4)7-3)22-32-27(30)19-17-15-13-11-9-6-2;1-3-5-7-9-11-13-15-22(26)28-18-20(17-21(24)25)19-29-23(27)16-14-12-10-8-6-4-2;1-3-6-12-9(11)10-5-4-8(2)7-10;1-3-2;1-2/h23-24H,5-22H2,1-4H3;20H,3-19H2,1-2H3,(H,24,25);8H,3-7H2,1-2H3;3H2,1-2H3;1-2H3. The van der Waals surface area contributed by atoms with E-state index in [-0.39, 0.29) is 86.9 Å². The van der Waals surface area contributed by atoms with Gasteiger partial charge in [0.15, 0.2) is 0 Å². The number of unbranched alkanes of at least 4 members (excludes halogenated alkanes) is 20. The molecule has 14 nitrogen and oxygen atoms in total. The largest absolute Gasteiger partial charge is 0.481 e. The number of carbonyl (C=O) groups excluding carboxylic acids is 6. The number of nitrogens with zero attached hydrogens (tertiary/aromatic N) is 1. The minimum Gasteiger partial charge on any atom is -0.481 e. The monoisotopic (exact) mass is 1110 g/mol. The number of hydrogen-bond acceptors (Lipinski definition) is 12. The number of esters is 4. The van der Waals surface area contributed by atoms with Crippen molar-refractivity contribution < 1.29 is 62.4 Å². The first-order valence-electron chi connectivity index (χ1n) is 31.9. The van der Waals surface area contributed by atoms with Gasteiger partial charge in [-0.15, -0.1) is 0 Å². The number of carboxylic acids is 1. The van der Waals surface area contributed by atoms with E-state index in [1.807, 2.05) is 34.6 Å². The Morgan fingerprint density at radius 3 is 1.04 bits per heavy atom. The molecule has 0 aliphatic carbocycles. The molecule has 1 aliphatic rings. The van der Waals surface area contributed by atoms with Crippen molar-refractivity contribution in [3.05, 3.63) is 0 Å². The smallest absolute Gasteiger partial charge is 0.409 e. The molecule has 1 saturated heterocycles. The molecule has 1 N–H and O–H groups in total. The summed E-state index contributed by atoms with van der Waals surface area (Å²) < 4.78 is 26.3. The minimum atomic E-state index is -0.992. The van der Waals surface area contributed by atoms with Gasteiger partial charge in [0, 0.05) is 62.9 Å². The molecule has 0 aromatic heterocycles. The average Bonchev–Trinajstić information content (AvgIpc) is 3.87. The van der Waals surface area contributed by atoms with Gasteiger partial charge in [0.1, 0.15) is 5.78 Å². The normalized spacial score (nSPS) is 12.8. The third kappa shape index (κ3) is 58.4. The van der Waals surface area contributed by atoms with Crippen LogP contribution in [-0.4, -0.2) is 97.9 Å².